The van der Waals surface area contributed by atoms with Gasteiger partial charge in [0, 0.05) is 11.2 Å². The third kappa shape index (κ3) is 4.53. The molecule has 3 aromatic rings. The average molecular weight is 493 g/mol. The van der Waals surface area contributed by atoms with E-state index >= 15 is 0 Å². The van der Waals surface area contributed by atoms with Gasteiger partial charge in [0.2, 0.25) is 5.91 Å². The summed E-state index contributed by atoms with van der Waals surface area (Å²) in [6.45, 7) is 1.70. The van der Waals surface area contributed by atoms with Gasteiger partial charge in [0.25, 0.3) is 6.43 Å². The van der Waals surface area contributed by atoms with Crippen LogP contribution in [-0.2, 0) is 17.9 Å². The summed E-state index contributed by atoms with van der Waals surface area (Å²) in [5, 5.41) is 11.4. The highest BCUT2D eigenvalue weighted by molar-refractivity contribution is 9.10. The molecule has 1 N–H and O–H groups in total. The van der Waals surface area contributed by atoms with Crippen molar-refractivity contribution in [3.8, 4) is 0 Å². The monoisotopic (exact) mass is 491 g/mol. The number of benzene rings is 1. The van der Waals surface area contributed by atoms with Gasteiger partial charge in [0.15, 0.2) is 5.82 Å². The van der Waals surface area contributed by atoms with Crippen LogP contribution in [0.2, 0.25) is 10.0 Å². The Hall–Kier alpha value is -1.97. The van der Waals surface area contributed by atoms with E-state index in [1.54, 1.807) is 23.9 Å². The van der Waals surface area contributed by atoms with Gasteiger partial charge in [-0.2, -0.15) is 10.2 Å². The Labute approximate surface area is 177 Å². The average Bonchev–Trinajstić information content (AvgIpc) is 3.11. The van der Waals surface area contributed by atoms with Crippen LogP contribution < -0.4 is 5.32 Å². The first-order valence-electron chi connectivity index (χ1n) is 8.03. The van der Waals surface area contributed by atoms with Gasteiger partial charge in [-0.05, 0) is 34.5 Å². The predicted octanol–water partition coefficient (Wildman–Crippen LogP) is 5.08. The summed E-state index contributed by atoms with van der Waals surface area (Å²) in [5.74, 6) is -0.333. The number of halogens is 5. The minimum Gasteiger partial charge on any atom is -0.306 e. The number of nitrogens with one attached hydrogen (secondary N) is 1. The van der Waals surface area contributed by atoms with Crippen LogP contribution in [0.4, 0.5) is 14.6 Å². The second kappa shape index (κ2) is 8.59. The molecule has 0 aliphatic carbocycles. The highest BCUT2D eigenvalue weighted by Crippen LogP contribution is 2.29. The molecule has 0 atom stereocenters. The molecule has 0 fully saturated rings. The van der Waals surface area contributed by atoms with E-state index in [1.165, 1.54) is 4.68 Å². The zero-order valence-corrected chi connectivity index (χ0v) is 17.6. The van der Waals surface area contributed by atoms with Crippen molar-refractivity contribution < 1.29 is 13.6 Å². The minimum atomic E-state index is -2.74. The van der Waals surface area contributed by atoms with Gasteiger partial charge in [-0.3, -0.25) is 14.2 Å². The first-order chi connectivity index (χ1) is 13.3. The van der Waals surface area contributed by atoms with Crippen molar-refractivity contribution in [2.75, 3.05) is 5.32 Å². The van der Waals surface area contributed by atoms with Crippen molar-refractivity contribution in [1.82, 2.24) is 19.6 Å². The largest absolute Gasteiger partial charge is 0.306 e. The Morgan fingerprint density at radius 2 is 1.96 bits per heavy atom. The van der Waals surface area contributed by atoms with E-state index in [9.17, 15) is 13.6 Å². The number of rotatable bonds is 6. The molecule has 0 spiro atoms. The molecule has 1 amide bonds. The lowest BCUT2D eigenvalue weighted by Gasteiger charge is -2.06. The van der Waals surface area contributed by atoms with E-state index in [0.717, 1.165) is 5.56 Å². The topological polar surface area (TPSA) is 64.7 Å². The maximum atomic E-state index is 12.9. The van der Waals surface area contributed by atoms with Crippen LogP contribution in [-0.4, -0.2) is 25.5 Å². The Morgan fingerprint density at radius 3 is 2.61 bits per heavy atom. The summed E-state index contributed by atoms with van der Waals surface area (Å²) in [6.07, 6.45) is -1.18. The summed E-state index contributed by atoms with van der Waals surface area (Å²) < 4.78 is 28.8. The highest BCUT2D eigenvalue weighted by Gasteiger charge is 2.21. The maximum absolute atomic E-state index is 12.9. The molecule has 6 nitrogen and oxygen atoms in total. The summed E-state index contributed by atoms with van der Waals surface area (Å²) in [7, 11) is 0. The van der Waals surface area contributed by atoms with Crippen LogP contribution in [0.5, 0.6) is 0 Å². The number of alkyl halides is 2. The lowest BCUT2D eigenvalue weighted by atomic mass is 10.2. The van der Waals surface area contributed by atoms with Crippen molar-refractivity contribution in [3.63, 3.8) is 0 Å². The molecule has 28 heavy (non-hydrogen) atoms. The van der Waals surface area contributed by atoms with Crippen LogP contribution >= 0.6 is 39.1 Å². The second-order valence-electron chi connectivity index (χ2n) is 5.91. The van der Waals surface area contributed by atoms with Gasteiger partial charge in [-0.15, -0.1) is 0 Å². The molecule has 0 aliphatic heterocycles. The van der Waals surface area contributed by atoms with Gasteiger partial charge in [-0.25, -0.2) is 8.78 Å². The molecule has 0 radical (unpaired) electrons. The van der Waals surface area contributed by atoms with E-state index in [0.29, 0.717) is 17.3 Å². The van der Waals surface area contributed by atoms with Crippen LogP contribution in [0.25, 0.3) is 0 Å². The van der Waals surface area contributed by atoms with Crippen molar-refractivity contribution in [1.29, 1.82) is 0 Å². The fourth-order valence-corrected chi connectivity index (χ4v) is 3.36. The highest BCUT2D eigenvalue weighted by atomic mass is 79.9. The Morgan fingerprint density at radius 1 is 1.25 bits per heavy atom. The number of anilines is 1. The number of hydrogen-bond donors (Lipinski definition) is 1. The molecule has 0 aliphatic rings. The predicted molar refractivity (Wildman–Crippen MR) is 106 cm³/mol. The van der Waals surface area contributed by atoms with Gasteiger partial charge in [0.1, 0.15) is 17.3 Å². The van der Waals surface area contributed by atoms with Crippen LogP contribution in [0.15, 0.2) is 34.9 Å². The van der Waals surface area contributed by atoms with Gasteiger partial charge in [-0.1, -0.05) is 41.4 Å². The molecule has 0 saturated carbocycles. The second-order valence-corrected chi connectivity index (χ2v) is 7.51. The molecule has 11 heteroatoms. The maximum Gasteiger partial charge on any atom is 0.283 e. The van der Waals surface area contributed by atoms with E-state index in [1.807, 2.05) is 18.2 Å². The molecule has 3 rings (SSSR count). The zero-order valence-electron chi connectivity index (χ0n) is 14.5. The Kier molecular flexibility index (Phi) is 6.36. The van der Waals surface area contributed by atoms with Crippen LogP contribution in [0.1, 0.15) is 23.4 Å². The molecule has 0 unspecified atom stereocenters. The smallest absolute Gasteiger partial charge is 0.283 e. The van der Waals surface area contributed by atoms with Gasteiger partial charge < -0.3 is 5.32 Å². The number of carbonyl (C=O) groups excluding carboxylic acids is 1. The van der Waals surface area contributed by atoms with Crippen molar-refractivity contribution in [2.24, 2.45) is 0 Å². The number of carbonyl (C=O) groups is 1. The van der Waals surface area contributed by atoms with Crippen LogP contribution in [0, 0.1) is 6.92 Å². The van der Waals surface area contributed by atoms with Gasteiger partial charge in [0.05, 0.1) is 16.7 Å². The molecule has 1 aromatic carbocycles. The first-order valence-corrected chi connectivity index (χ1v) is 9.58. The summed E-state index contributed by atoms with van der Waals surface area (Å²) in [6, 6.07) is 7.30. The summed E-state index contributed by atoms with van der Waals surface area (Å²) >= 11 is 15.3. The lowest BCUT2D eigenvalue weighted by molar-refractivity contribution is -0.117. The van der Waals surface area contributed by atoms with Crippen LogP contribution in [0.3, 0.4) is 0 Å². The molecule has 2 aromatic heterocycles. The lowest BCUT2D eigenvalue weighted by Crippen LogP contribution is -2.21. The molecular weight excluding hydrogens is 479 g/mol. The molecule has 2 heterocycles. The molecule has 0 saturated heterocycles. The quantitative estimate of drug-likeness (QED) is 0.521. The molecule has 0 bridgehead atoms. The number of hydrogen-bond acceptors (Lipinski definition) is 3. The third-order valence-electron chi connectivity index (χ3n) is 3.92. The molecule has 148 valence electrons. The summed E-state index contributed by atoms with van der Waals surface area (Å²) in [5.41, 5.74) is 0.853. The van der Waals surface area contributed by atoms with E-state index in [-0.39, 0.29) is 21.9 Å². The Bertz CT molecular complexity index is 1020. The van der Waals surface area contributed by atoms with Crippen molar-refractivity contribution in [2.45, 2.75) is 26.4 Å². The van der Waals surface area contributed by atoms with E-state index in [2.05, 4.69) is 31.4 Å². The fraction of sp³-hybridized carbons (Fsp3) is 0.235. The molecular formula is C17H14BrCl2F2N5O. The zero-order chi connectivity index (χ0) is 20.4. The number of amides is 1. The third-order valence-corrected chi connectivity index (χ3v) is 5.55. The van der Waals surface area contributed by atoms with E-state index in [4.69, 9.17) is 23.2 Å². The van der Waals surface area contributed by atoms with Gasteiger partial charge >= 0.3 is 0 Å². The van der Waals surface area contributed by atoms with E-state index < -0.39 is 18.0 Å². The van der Waals surface area contributed by atoms with Crippen molar-refractivity contribution in [3.05, 3.63) is 61.9 Å². The normalized spacial score (nSPS) is 11.2. The Balaban J connectivity index is 1.71. The fourth-order valence-electron chi connectivity index (χ4n) is 2.51. The van der Waals surface area contributed by atoms with Crippen molar-refractivity contribution >= 4 is 50.9 Å². The first kappa shape index (κ1) is 20.8. The SMILES string of the molecule is Cc1c(Br)c(C(F)F)nn1CC(=O)Nc1nn(Cc2ccccc2Cl)cc1Cl. The number of aromatic nitrogens is 4. The summed E-state index contributed by atoms with van der Waals surface area (Å²) in [4.78, 5) is 12.3. The standard InChI is InChI=1S/C17H14BrCl2F2N5O/c1-9-14(18)15(16(21)22)24-27(9)8-13(28)23-17-12(20)7-26(25-17)6-10-4-2-3-5-11(10)19/h2-5,7,16H,6,8H2,1H3,(H,23,25,28). The number of nitrogens with zero attached hydrogens (tertiary/aromatic N) is 4. The minimum absolute atomic E-state index is 0.164.